The highest BCUT2D eigenvalue weighted by molar-refractivity contribution is 5.15. The Hall–Kier alpha value is -0.830. The van der Waals surface area contributed by atoms with E-state index in [0.717, 1.165) is 24.3 Å². The van der Waals surface area contributed by atoms with Gasteiger partial charge in [0.1, 0.15) is 0 Å². The largest absolute Gasteiger partial charge is 0.376 e. The molecular formula is C6H7N2O. The van der Waals surface area contributed by atoms with Crippen LogP contribution in [0.25, 0.3) is 0 Å². The molecule has 1 aliphatic heterocycles. The minimum atomic E-state index is 0.672. The summed E-state index contributed by atoms with van der Waals surface area (Å²) in [5.74, 6) is 0. The van der Waals surface area contributed by atoms with Crippen LogP contribution < -0.4 is 0 Å². The van der Waals surface area contributed by atoms with Crippen LogP contribution in [0.4, 0.5) is 0 Å². The molecule has 0 fully saturated rings. The predicted molar refractivity (Wildman–Crippen MR) is 30.8 cm³/mol. The minimum Gasteiger partial charge on any atom is -0.376 e. The SMILES string of the molecule is [c]1[nH]nc2c1COCC2. The Kier molecular flexibility index (Phi) is 1.02. The van der Waals surface area contributed by atoms with Crippen LogP contribution in [0.3, 0.4) is 0 Å². The Morgan fingerprint density at radius 3 is 3.56 bits per heavy atom. The Balaban J connectivity index is 2.39. The van der Waals surface area contributed by atoms with Crippen LogP contribution in [0.1, 0.15) is 11.3 Å². The molecule has 0 aliphatic carbocycles. The van der Waals surface area contributed by atoms with E-state index in [2.05, 4.69) is 16.4 Å². The zero-order chi connectivity index (χ0) is 6.10. The highest BCUT2D eigenvalue weighted by Crippen LogP contribution is 2.11. The van der Waals surface area contributed by atoms with Crippen molar-refractivity contribution in [1.82, 2.24) is 10.2 Å². The number of rotatable bonds is 0. The Morgan fingerprint density at radius 1 is 1.67 bits per heavy atom. The summed E-state index contributed by atoms with van der Waals surface area (Å²) >= 11 is 0. The van der Waals surface area contributed by atoms with Crippen LogP contribution in [0.5, 0.6) is 0 Å². The molecule has 2 heterocycles. The van der Waals surface area contributed by atoms with Gasteiger partial charge in [0, 0.05) is 12.0 Å². The molecule has 9 heavy (non-hydrogen) atoms. The van der Waals surface area contributed by atoms with Gasteiger partial charge in [-0.2, -0.15) is 5.10 Å². The maximum atomic E-state index is 5.16. The standard InChI is InChI=1S/C6H7N2O/c1-2-9-4-5-3-7-8-6(1)5/h1-2,4H2,(H,7,8). The minimum absolute atomic E-state index is 0.672. The molecule has 0 aromatic carbocycles. The second-order valence-electron chi connectivity index (χ2n) is 2.08. The van der Waals surface area contributed by atoms with Crippen LogP contribution in [0.2, 0.25) is 0 Å². The first-order chi connectivity index (χ1) is 4.47. The lowest BCUT2D eigenvalue weighted by Crippen LogP contribution is -2.07. The normalized spacial score (nSPS) is 17.3. The number of nitrogens with one attached hydrogen (secondary N) is 1. The van der Waals surface area contributed by atoms with Gasteiger partial charge in [-0.05, 0) is 0 Å². The number of ether oxygens (including phenoxy) is 1. The molecule has 0 spiro atoms. The van der Waals surface area contributed by atoms with Gasteiger partial charge < -0.3 is 4.74 Å². The van der Waals surface area contributed by atoms with E-state index in [4.69, 9.17) is 4.74 Å². The zero-order valence-electron chi connectivity index (χ0n) is 4.98. The van der Waals surface area contributed by atoms with E-state index in [1.165, 1.54) is 0 Å². The van der Waals surface area contributed by atoms with Gasteiger partial charge in [0.2, 0.25) is 0 Å². The summed E-state index contributed by atoms with van der Waals surface area (Å²) in [6.07, 6.45) is 3.82. The molecule has 0 bridgehead atoms. The van der Waals surface area contributed by atoms with Crippen LogP contribution in [0, 0.1) is 6.20 Å². The number of H-pyrrole nitrogens is 1. The molecule has 1 aromatic heterocycles. The van der Waals surface area contributed by atoms with Crippen LogP contribution in [0.15, 0.2) is 0 Å². The summed E-state index contributed by atoms with van der Waals surface area (Å²) in [5.41, 5.74) is 2.20. The van der Waals surface area contributed by atoms with Gasteiger partial charge in [-0.15, -0.1) is 0 Å². The number of fused-ring (bicyclic) bond motifs is 1. The van der Waals surface area contributed by atoms with Crippen molar-refractivity contribution < 1.29 is 4.74 Å². The first-order valence-electron chi connectivity index (χ1n) is 2.98. The Bertz CT molecular complexity index is 186. The molecule has 0 unspecified atom stereocenters. The summed E-state index contributed by atoms with van der Waals surface area (Å²) < 4.78 is 5.16. The fourth-order valence-electron chi connectivity index (χ4n) is 0.972. The molecule has 3 heteroatoms. The lowest BCUT2D eigenvalue weighted by molar-refractivity contribution is 0.110. The average Bonchev–Trinajstić information content (AvgIpc) is 2.33. The van der Waals surface area contributed by atoms with Gasteiger partial charge in [0.15, 0.2) is 0 Å². The number of hydrogen-bond donors (Lipinski definition) is 1. The predicted octanol–water partition coefficient (Wildman–Crippen LogP) is 0.283. The topological polar surface area (TPSA) is 37.9 Å². The van der Waals surface area contributed by atoms with Gasteiger partial charge in [0.25, 0.3) is 0 Å². The van der Waals surface area contributed by atoms with Gasteiger partial charge in [-0.3, -0.25) is 5.10 Å². The Labute approximate surface area is 53.0 Å². The monoisotopic (exact) mass is 123 g/mol. The summed E-state index contributed by atoms with van der Waals surface area (Å²) in [6.45, 7) is 1.47. The number of nitrogens with zero attached hydrogens (tertiary/aromatic N) is 1. The molecule has 0 amide bonds. The maximum absolute atomic E-state index is 5.16. The lowest BCUT2D eigenvalue weighted by atomic mass is 10.2. The highest BCUT2D eigenvalue weighted by Gasteiger charge is 2.10. The maximum Gasteiger partial charge on any atom is 0.0890 e. The van der Waals surface area contributed by atoms with Crippen molar-refractivity contribution in [3.8, 4) is 0 Å². The van der Waals surface area contributed by atoms with E-state index in [1.807, 2.05) is 0 Å². The smallest absolute Gasteiger partial charge is 0.0890 e. The first-order valence-corrected chi connectivity index (χ1v) is 2.98. The lowest BCUT2D eigenvalue weighted by Gasteiger charge is -2.08. The summed E-state index contributed by atoms with van der Waals surface area (Å²) in [5, 5.41) is 6.68. The summed E-state index contributed by atoms with van der Waals surface area (Å²) in [4.78, 5) is 0. The van der Waals surface area contributed by atoms with Crippen molar-refractivity contribution in [3.05, 3.63) is 17.5 Å². The third kappa shape index (κ3) is 0.733. The molecule has 3 nitrogen and oxygen atoms in total. The highest BCUT2D eigenvalue weighted by atomic mass is 16.5. The van der Waals surface area contributed by atoms with E-state index in [1.54, 1.807) is 0 Å². The van der Waals surface area contributed by atoms with Crippen molar-refractivity contribution in [2.45, 2.75) is 13.0 Å². The van der Waals surface area contributed by atoms with Gasteiger partial charge in [-0.25, -0.2) is 0 Å². The van der Waals surface area contributed by atoms with Crippen molar-refractivity contribution in [2.75, 3.05) is 6.61 Å². The molecule has 0 atom stereocenters. The van der Waals surface area contributed by atoms with E-state index < -0.39 is 0 Å². The van der Waals surface area contributed by atoms with Crippen LogP contribution in [-0.4, -0.2) is 16.8 Å². The van der Waals surface area contributed by atoms with Crippen LogP contribution in [-0.2, 0) is 17.8 Å². The summed E-state index contributed by atoms with van der Waals surface area (Å²) in [6, 6.07) is 0. The molecule has 0 saturated heterocycles. The van der Waals surface area contributed by atoms with E-state index in [0.29, 0.717) is 6.61 Å². The Morgan fingerprint density at radius 2 is 2.67 bits per heavy atom. The second-order valence-corrected chi connectivity index (χ2v) is 2.08. The van der Waals surface area contributed by atoms with Crippen LogP contribution >= 0.6 is 0 Å². The van der Waals surface area contributed by atoms with E-state index in [9.17, 15) is 0 Å². The first kappa shape index (κ1) is 4.99. The van der Waals surface area contributed by atoms with Crippen molar-refractivity contribution in [2.24, 2.45) is 0 Å². The number of aromatic nitrogens is 2. The quantitative estimate of drug-likeness (QED) is 0.538. The molecule has 0 saturated carbocycles. The number of aromatic amines is 1. The van der Waals surface area contributed by atoms with Crippen molar-refractivity contribution in [3.63, 3.8) is 0 Å². The van der Waals surface area contributed by atoms with E-state index >= 15 is 0 Å². The third-order valence-corrected chi connectivity index (χ3v) is 1.48. The van der Waals surface area contributed by atoms with Crippen molar-refractivity contribution in [1.29, 1.82) is 0 Å². The third-order valence-electron chi connectivity index (χ3n) is 1.48. The van der Waals surface area contributed by atoms with Crippen molar-refractivity contribution >= 4 is 0 Å². The molecular weight excluding hydrogens is 116 g/mol. The zero-order valence-corrected chi connectivity index (χ0v) is 4.98. The second kappa shape index (κ2) is 1.84. The molecule has 1 aliphatic rings. The van der Waals surface area contributed by atoms with E-state index in [-0.39, 0.29) is 0 Å². The van der Waals surface area contributed by atoms with Gasteiger partial charge >= 0.3 is 0 Å². The fourth-order valence-corrected chi connectivity index (χ4v) is 0.972. The fraction of sp³-hybridized carbons (Fsp3) is 0.500. The molecule has 1 N–H and O–H groups in total. The number of hydrogen-bond acceptors (Lipinski definition) is 2. The molecule has 1 aromatic rings. The molecule has 2 rings (SSSR count). The molecule has 47 valence electrons. The average molecular weight is 123 g/mol. The summed E-state index contributed by atoms with van der Waals surface area (Å²) in [7, 11) is 0. The molecule has 1 radical (unpaired) electrons. The van der Waals surface area contributed by atoms with Gasteiger partial charge in [-0.1, -0.05) is 0 Å². The van der Waals surface area contributed by atoms with Gasteiger partial charge in [0.05, 0.1) is 25.1 Å².